The van der Waals surface area contributed by atoms with Crippen molar-refractivity contribution in [2.75, 3.05) is 12.3 Å². The first kappa shape index (κ1) is 25.7. The molecule has 170 valence electrons. The second kappa shape index (κ2) is 11.9. The van der Waals surface area contributed by atoms with Gasteiger partial charge in [-0.1, -0.05) is 12.1 Å². The van der Waals surface area contributed by atoms with Crippen LogP contribution < -0.4 is 9.88 Å². The molecule has 6 heteroatoms. The minimum Gasteiger partial charge on any atom is -0.460 e. The van der Waals surface area contributed by atoms with Crippen molar-refractivity contribution in [1.29, 1.82) is 0 Å². The molecule has 0 saturated heterocycles. The van der Waals surface area contributed by atoms with Crippen LogP contribution in [0.1, 0.15) is 53.0 Å². The largest absolute Gasteiger partial charge is 0.460 e. The van der Waals surface area contributed by atoms with Gasteiger partial charge < -0.3 is 9.47 Å². The molecule has 1 atom stereocenters. The van der Waals surface area contributed by atoms with Gasteiger partial charge in [-0.3, -0.25) is 9.93 Å². The van der Waals surface area contributed by atoms with Gasteiger partial charge in [0.15, 0.2) is 0 Å². The highest BCUT2D eigenvalue weighted by atomic mass is 32.2. The molecule has 0 bridgehead atoms. The second-order valence-electron chi connectivity index (χ2n) is 9.35. The first-order valence-electron chi connectivity index (χ1n) is 10.8. The molecule has 0 spiro atoms. The van der Waals surface area contributed by atoms with E-state index in [-0.39, 0.29) is 5.97 Å². The lowest BCUT2D eigenvalue weighted by Gasteiger charge is -2.28. The minimum atomic E-state index is -0.424. The number of nitrogens with two attached hydrogens (primary N) is 1. The Morgan fingerprint density at radius 1 is 0.935 bits per heavy atom. The molecule has 0 radical (unpaired) electrons. The van der Waals surface area contributed by atoms with E-state index in [1.54, 1.807) is 0 Å². The third-order valence-corrected chi connectivity index (χ3v) is 7.09. The molecular formula is C25H36NO3PS. The fraction of sp³-hybridized carbons (Fsp3) is 0.480. The number of carbonyl (C=O) groups is 1. The summed E-state index contributed by atoms with van der Waals surface area (Å²) in [6.45, 7) is 9.73. The van der Waals surface area contributed by atoms with Gasteiger partial charge >= 0.3 is 5.97 Å². The van der Waals surface area contributed by atoms with Crippen LogP contribution in [0, 0.1) is 5.41 Å². The number of hydrogen-bond donors (Lipinski definition) is 1. The molecule has 0 aliphatic heterocycles. The molecule has 0 saturated carbocycles. The predicted octanol–water partition coefficient (Wildman–Crippen LogP) is 6.81. The van der Waals surface area contributed by atoms with Crippen molar-refractivity contribution in [3.8, 4) is 11.5 Å². The van der Waals surface area contributed by atoms with Crippen LogP contribution in [-0.4, -0.2) is 23.9 Å². The van der Waals surface area contributed by atoms with Crippen LogP contribution in [0.5, 0.6) is 11.5 Å². The van der Waals surface area contributed by atoms with Crippen molar-refractivity contribution in [3.63, 3.8) is 0 Å². The summed E-state index contributed by atoms with van der Waals surface area (Å²) >= 11 is 1.23. The monoisotopic (exact) mass is 461 g/mol. The van der Waals surface area contributed by atoms with Gasteiger partial charge in [0, 0.05) is 4.90 Å². The Bertz CT molecular complexity index is 814. The number of unbranched alkanes of at least 4 members (excludes halogenated alkanes) is 1. The fourth-order valence-corrected chi connectivity index (χ4v) is 4.65. The maximum absolute atomic E-state index is 12.3. The Morgan fingerprint density at radius 2 is 1.52 bits per heavy atom. The molecule has 0 fully saturated rings. The Balaban J connectivity index is 1.66. The lowest BCUT2D eigenvalue weighted by atomic mass is 9.96. The van der Waals surface area contributed by atoms with Gasteiger partial charge in [-0.25, -0.2) is 0 Å². The van der Waals surface area contributed by atoms with E-state index in [1.165, 1.54) is 23.9 Å². The van der Waals surface area contributed by atoms with Crippen LogP contribution in [0.15, 0.2) is 53.4 Å². The number of benzene rings is 2. The summed E-state index contributed by atoms with van der Waals surface area (Å²) in [4.78, 5) is 13.3. The molecule has 0 aliphatic carbocycles. The smallest absolute Gasteiger partial charge is 0.312 e. The quantitative estimate of drug-likeness (QED) is 0.172. The van der Waals surface area contributed by atoms with Gasteiger partial charge in [0.2, 0.25) is 0 Å². The van der Waals surface area contributed by atoms with Crippen molar-refractivity contribution < 1.29 is 14.3 Å². The van der Waals surface area contributed by atoms with E-state index in [0.29, 0.717) is 0 Å². The van der Waals surface area contributed by atoms with E-state index < -0.39 is 11.0 Å². The third kappa shape index (κ3) is 9.64. The van der Waals surface area contributed by atoms with E-state index in [2.05, 4.69) is 12.1 Å². The zero-order valence-electron chi connectivity index (χ0n) is 19.4. The van der Waals surface area contributed by atoms with Gasteiger partial charge in [-0.2, -0.15) is 0 Å². The molecule has 0 heterocycles. The zero-order valence-corrected chi connectivity index (χ0v) is 21.2. The predicted molar refractivity (Wildman–Crippen MR) is 134 cm³/mol. The van der Waals surface area contributed by atoms with Crippen LogP contribution in [0.3, 0.4) is 0 Å². The Labute approximate surface area is 193 Å². The lowest BCUT2D eigenvalue weighted by molar-refractivity contribution is -0.164. The van der Waals surface area contributed by atoms with Crippen LogP contribution in [-0.2, 0) is 16.0 Å². The number of hydrogen-bond acceptors (Lipinski definition) is 5. The van der Waals surface area contributed by atoms with Crippen LogP contribution in [0.2, 0.25) is 0 Å². The Kier molecular flexibility index (Phi) is 9.87. The molecule has 31 heavy (non-hydrogen) atoms. The van der Waals surface area contributed by atoms with Crippen molar-refractivity contribution in [1.82, 2.24) is 0 Å². The lowest BCUT2D eigenvalue weighted by Crippen LogP contribution is -2.35. The van der Waals surface area contributed by atoms with Crippen molar-refractivity contribution in [2.24, 2.45) is 10.6 Å². The summed E-state index contributed by atoms with van der Waals surface area (Å²) in [5.74, 6) is 1.55. The molecule has 2 rings (SSSR count). The summed E-state index contributed by atoms with van der Waals surface area (Å²) in [6, 6.07) is 16.0. The fourth-order valence-electron chi connectivity index (χ4n) is 2.91. The zero-order chi connectivity index (χ0) is 22.9. The number of esters is 1. The second-order valence-corrected chi connectivity index (χ2v) is 11.4. The first-order valence-corrected chi connectivity index (χ1v) is 13.1. The maximum Gasteiger partial charge on any atom is 0.312 e. The average molecular weight is 462 g/mol. The molecule has 2 aromatic carbocycles. The van der Waals surface area contributed by atoms with E-state index in [0.717, 1.165) is 50.1 Å². The number of ether oxygens (including phenoxy) is 2. The molecule has 0 aliphatic rings. The standard InChI is InChI=1S/C25H36NO3PS/c1-24(2,3)29-23(27)25(4,5)18-30-17-7-6-8-19-9-11-20(12-10-19)28-21-13-15-22(31-26)16-14-21/h9-16,30H,6-8,17-18,26H2,1-5H3. The van der Waals surface area contributed by atoms with Crippen molar-refractivity contribution in [2.45, 2.75) is 64.4 Å². The van der Waals surface area contributed by atoms with Crippen molar-refractivity contribution >= 4 is 26.5 Å². The first-order chi connectivity index (χ1) is 14.6. The molecule has 2 aromatic rings. The van der Waals surface area contributed by atoms with Gasteiger partial charge in [0.25, 0.3) is 0 Å². The van der Waals surface area contributed by atoms with Crippen LogP contribution >= 0.6 is 20.5 Å². The summed E-state index contributed by atoms with van der Waals surface area (Å²) in [7, 11) is 0.781. The summed E-state index contributed by atoms with van der Waals surface area (Å²) in [5.41, 5.74) is 0.483. The molecule has 4 nitrogen and oxygen atoms in total. The summed E-state index contributed by atoms with van der Waals surface area (Å²) < 4.78 is 11.4. The normalized spacial score (nSPS) is 12.3. The minimum absolute atomic E-state index is 0.0935. The topological polar surface area (TPSA) is 61.5 Å². The Morgan fingerprint density at radius 3 is 2.06 bits per heavy atom. The van der Waals surface area contributed by atoms with E-state index in [1.807, 2.05) is 71.0 Å². The van der Waals surface area contributed by atoms with E-state index >= 15 is 0 Å². The number of rotatable bonds is 11. The summed E-state index contributed by atoms with van der Waals surface area (Å²) in [5, 5.41) is 5.54. The highest BCUT2D eigenvalue weighted by molar-refractivity contribution is 7.97. The van der Waals surface area contributed by atoms with Crippen LogP contribution in [0.25, 0.3) is 0 Å². The SMILES string of the molecule is CC(C)(C)OC(=O)C(C)(C)CPCCCCc1ccc(Oc2ccc(SN)cc2)cc1. The van der Waals surface area contributed by atoms with E-state index in [4.69, 9.17) is 14.6 Å². The van der Waals surface area contributed by atoms with Gasteiger partial charge in [0.1, 0.15) is 17.1 Å². The molecule has 1 unspecified atom stereocenters. The number of aryl methyl sites for hydroxylation is 1. The highest BCUT2D eigenvalue weighted by Crippen LogP contribution is 2.30. The van der Waals surface area contributed by atoms with Gasteiger partial charge in [-0.05, 0) is 120 Å². The summed E-state index contributed by atoms with van der Waals surface area (Å²) in [6.07, 6.45) is 5.43. The Hall–Kier alpha value is -1.55. The maximum atomic E-state index is 12.3. The van der Waals surface area contributed by atoms with Crippen molar-refractivity contribution in [3.05, 3.63) is 54.1 Å². The molecular weight excluding hydrogens is 425 g/mol. The molecule has 0 amide bonds. The van der Waals surface area contributed by atoms with Crippen LogP contribution in [0.4, 0.5) is 0 Å². The third-order valence-electron chi connectivity index (χ3n) is 4.71. The van der Waals surface area contributed by atoms with Gasteiger partial charge in [0.05, 0.1) is 5.41 Å². The van der Waals surface area contributed by atoms with E-state index in [9.17, 15) is 4.79 Å². The average Bonchev–Trinajstić information content (AvgIpc) is 2.71. The molecule has 0 aromatic heterocycles. The molecule has 2 N–H and O–H groups in total. The number of carbonyl (C=O) groups excluding carboxylic acids is 1. The highest BCUT2D eigenvalue weighted by Gasteiger charge is 2.31. The van der Waals surface area contributed by atoms with Gasteiger partial charge in [-0.15, -0.1) is 8.58 Å².